The van der Waals surface area contributed by atoms with E-state index in [1.807, 2.05) is 0 Å². The van der Waals surface area contributed by atoms with Gasteiger partial charge in [0.05, 0.1) is 17.2 Å². The fraction of sp³-hybridized carbons (Fsp3) is 0.450. The van der Waals surface area contributed by atoms with E-state index < -0.39 is 15.8 Å². The Morgan fingerprint density at radius 3 is 2.31 bits per heavy atom. The molecule has 0 radical (unpaired) electrons. The molecule has 9 heteroatoms. The minimum Gasteiger partial charge on any atom is -0.465 e. The molecule has 0 bridgehead atoms. The maximum atomic E-state index is 13.4. The Balaban J connectivity index is 2.55. The third-order valence-electron chi connectivity index (χ3n) is 4.67. The fourth-order valence-electron chi connectivity index (χ4n) is 3.39. The van der Waals surface area contributed by atoms with Crippen LogP contribution in [0.25, 0.3) is 0 Å². The minimum absolute atomic E-state index is 0.155. The molecule has 0 fully saturated rings. The summed E-state index contributed by atoms with van der Waals surface area (Å²) in [6.45, 7) is 8.29. The number of hydrogen-bond acceptors (Lipinski definition) is 7. The number of benzene rings is 1. The lowest BCUT2D eigenvalue weighted by molar-refractivity contribution is -0.145. The number of aryl methyl sites for hydroxylation is 3. The van der Waals surface area contributed by atoms with Crippen LogP contribution in [0.5, 0.6) is 5.88 Å². The van der Waals surface area contributed by atoms with Crippen LogP contribution in [0.4, 0.5) is 0 Å². The van der Waals surface area contributed by atoms with Gasteiger partial charge in [0.15, 0.2) is 16.4 Å². The fourth-order valence-corrected chi connectivity index (χ4v) is 4.75. The van der Waals surface area contributed by atoms with Gasteiger partial charge in [-0.25, -0.2) is 17.9 Å². The average molecular weight is 423 g/mol. The van der Waals surface area contributed by atoms with Gasteiger partial charge in [-0.15, -0.1) is 0 Å². The van der Waals surface area contributed by atoms with Crippen LogP contribution in [0.3, 0.4) is 0 Å². The summed E-state index contributed by atoms with van der Waals surface area (Å²) < 4.78 is 36.0. The third-order valence-corrected chi connectivity index (χ3v) is 6.04. The van der Waals surface area contributed by atoms with Crippen LogP contribution >= 0.6 is 0 Å². The molecule has 2 aromatic rings. The summed E-state index contributed by atoms with van der Waals surface area (Å²) in [4.78, 5) is 25.2. The second-order valence-electron chi connectivity index (χ2n) is 6.90. The second kappa shape index (κ2) is 8.36. The van der Waals surface area contributed by atoms with Crippen molar-refractivity contribution in [2.75, 3.05) is 19.5 Å². The van der Waals surface area contributed by atoms with Gasteiger partial charge in [-0.2, -0.15) is 5.10 Å². The summed E-state index contributed by atoms with van der Waals surface area (Å²) in [6, 6.07) is 1.57. The summed E-state index contributed by atoms with van der Waals surface area (Å²) in [6.07, 6.45) is 1.15. The number of aromatic nitrogens is 2. The molecule has 0 saturated heterocycles. The van der Waals surface area contributed by atoms with Gasteiger partial charge < -0.3 is 9.47 Å². The number of sulfone groups is 1. The van der Waals surface area contributed by atoms with Crippen LogP contribution < -0.4 is 4.74 Å². The van der Waals surface area contributed by atoms with Crippen molar-refractivity contribution < 1.29 is 27.5 Å². The quantitative estimate of drug-likeness (QED) is 0.498. The first-order valence-corrected chi connectivity index (χ1v) is 11.0. The van der Waals surface area contributed by atoms with Crippen molar-refractivity contribution in [1.82, 2.24) is 9.78 Å². The van der Waals surface area contributed by atoms with Gasteiger partial charge in [-0.05, 0) is 57.4 Å². The Kier molecular flexibility index (Phi) is 6.52. The van der Waals surface area contributed by atoms with Gasteiger partial charge in [0.25, 0.3) is 0 Å². The number of carbonyl (C=O) groups is 2. The molecule has 0 amide bonds. The summed E-state index contributed by atoms with van der Waals surface area (Å²) in [7, 11) is -1.82. The Bertz CT molecular complexity index is 1080. The number of rotatable bonds is 7. The van der Waals surface area contributed by atoms with Gasteiger partial charge in [0.2, 0.25) is 11.7 Å². The van der Waals surface area contributed by atoms with Crippen LogP contribution in [0.2, 0.25) is 0 Å². The van der Waals surface area contributed by atoms with Gasteiger partial charge in [-0.1, -0.05) is 0 Å². The number of hydrogen-bond donors (Lipinski definition) is 0. The Morgan fingerprint density at radius 1 is 1.14 bits per heavy atom. The molecule has 158 valence electrons. The van der Waals surface area contributed by atoms with E-state index in [9.17, 15) is 18.0 Å². The van der Waals surface area contributed by atoms with E-state index in [4.69, 9.17) is 9.47 Å². The molecule has 1 aromatic heterocycles. The first-order valence-electron chi connectivity index (χ1n) is 9.07. The molecule has 8 nitrogen and oxygen atoms in total. The molecule has 29 heavy (non-hydrogen) atoms. The number of ketones is 1. The van der Waals surface area contributed by atoms with E-state index in [1.54, 1.807) is 47.7 Å². The molecule has 0 spiro atoms. The van der Waals surface area contributed by atoms with Crippen LogP contribution in [-0.4, -0.2) is 49.4 Å². The van der Waals surface area contributed by atoms with Crippen LogP contribution in [0.1, 0.15) is 45.2 Å². The van der Waals surface area contributed by atoms with Crippen LogP contribution in [0.15, 0.2) is 11.0 Å². The maximum absolute atomic E-state index is 13.4. The maximum Gasteiger partial charge on any atom is 0.344 e. The van der Waals surface area contributed by atoms with E-state index >= 15 is 0 Å². The molecule has 0 aliphatic rings. The molecular formula is C20H26N2O6S. The predicted molar refractivity (Wildman–Crippen MR) is 107 cm³/mol. The topological polar surface area (TPSA) is 105 Å². The van der Waals surface area contributed by atoms with Crippen molar-refractivity contribution in [2.24, 2.45) is 7.05 Å². The summed E-state index contributed by atoms with van der Waals surface area (Å²) >= 11 is 0. The molecule has 2 rings (SSSR count). The lowest BCUT2D eigenvalue weighted by Gasteiger charge is -2.15. The number of carbonyl (C=O) groups excluding carboxylic acids is 2. The van der Waals surface area contributed by atoms with E-state index in [0.717, 1.165) is 6.26 Å². The van der Waals surface area contributed by atoms with Crippen LogP contribution in [0, 0.1) is 27.7 Å². The lowest BCUT2D eigenvalue weighted by Crippen LogP contribution is -2.18. The van der Waals surface area contributed by atoms with Crippen molar-refractivity contribution >= 4 is 21.6 Å². The van der Waals surface area contributed by atoms with Gasteiger partial charge in [0.1, 0.15) is 5.56 Å². The zero-order valence-electron chi connectivity index (χ0n) is 17.7. The molecule has 0 saturated carbocycles. The second-order valence-corrected chi connectivity index (χ2v) is 8.86. The van der Waals surface area contributed by atoms with Gasteiger partial charge >= 0.3 is 5.97 Å². The number of esters is 1. The lowest BCUT2D eigenvalue weighted by atomic mass is 9.94. The predicted octanol–water partition coefficient (Wildman–Crippen LogP) is 2.23. The molecule has 1 heterocycles. The highest BCUT2D eigenvalue weighted by molar-refractivity contribution is 7.90. The SMILES string of the molecule is CCOC(=O)COc1c(C(=O)c2cc(C)c(S(C)(=O)=O)c(C)c2C)c(C)nn1C. The van der Waals surface area contributed by atoms with E-state index in [0.29, 0.717) is 27.9 Å². The standard InChI is InChI=1S/C20H26N2O6S/c1-8-27-16(23)10-28-20-17(14(5)21-22(20)6)18(24)15-9-11(2)19(29(7,25)26)13(4)12(15)3/h9H,8,10H2,1-7H3. The van der Waals surface area contributed by atoms with Crippen molar-refractivity contribution in [3.8, 4) is 5.88 Å². The summed E-state index contributed by atoms with van der Waals surface area (Å²) in [5, 5.41) is 4.24. The molecule has 1 aromatic carbocycles. The van der Waals surface area contributed by atoms with Crippen molar-refractivity contribution in [3.63, 3.8) is 0 Å². The highest BCUT2D eigenvalue weighted by Gasteiger charge is 2.27. The molecule has 0 unspecified atom stereocenters. The zero-order chi connectivity index (χ0) is 22.1. The highest BCUT2D eigenvalue weighted by atomic mass is 32.2. The normalized spacial score (nSPS) is 11.4. The molecule has 0 N–H and O–H groups in total. The number of ether oxygens (including phenoxy) is 2. The zero-order valence-corrected chi connectivity index (χ0v) is 18.6. The Morgan fingerprint density at radius 2 is 1.76 bits per heavy atom. The van der Waals surface area contributed by atoms with E-state index in [-0.39, 0.29) is 35.3 Å². The monoisotopic (exact) mass is 422 g/mol. The van der Waals surface area contributed by atoms with Gasteiger partial charge in [-0.3, -0.25) is 4.79 Å². The Hall–Kier alpha value is -2.68. The van der Waals surface area contributed by atoms with Crippen LogP contribution in [-0.2, 0) is 26.4 Å². The smallest absolute Gasteiger partial charge is 0.344 e. The van der Waals surface area contributed by atoms with E-state index in [2.05, 4.69) is 5.10 Å². The average Bonchev–Trinajstić information content (AvgIpc) is 2.88. The van der Waals surface area contributed by atoms with Crippen molar-refractivity contribution in [2.45, 2.75) is 39.5 Å². The van der Waals surface area contributed by atoms with Crippen molar-refractivity contribution in [1.29, 1.82) is 0 Å². The first-order chi connectivity index (χ1) is 13.4. The number of nitrogens with zero attached hydrogens (tertiary/aromatic N) is 2. The largest absolute Gasteiger partial charge is 0.465 e. The minimum atomic E-state index is -3.43. The van der Waals surface area contributed by atoms with Crippen molar-refractivity contribution in [3.05, 3.63) is 39.6 Å². The summed E-state index contributed by atoms with van der Waals surface area (Å²) in [5.41, 5.74) is 2.63. The Labute approximate surface area is 170 Å². The third kappa shape index (κ3) is 4.50. The molecule has 0 aliphatic carbocycles. The van der Waals surface area contributed by atoms with E-state index in [1.165, 1.54) is 4.68 Å². The first kappa shape index (κ1) is 22.6. The molecule has 0 atom stereocenters. The molecular weight excluding hydrogens is 396 g/mol. The highest BCUT2D eigenvalue weighted by Crippen LogP contribution is 2.31. The summed E-state index contributed by atoms with van der Waals surface area (Å²) in [5.74, 6) is -0.745. The molecule has 0 aliphatic heterocycles. The van der Waals surface area contributed by atoms with Gasteiger partial charge in [0, 0.05) is 18.9 Å².